The van der Waals surface area contributed by atoms with E-state index in [0.717, 1.165) is 29.0 Å². The first-order chi connectivity index (χ1) is 7.54. The molecule has 0 atom stereocenters. The van der Waals surface area contributed by atoms with Gasteiger partial charge < -0.3 is 14.6 Å². The average molecular weight is 306 g/mol. The van der Waals surface area contributed by atoms with Crippen LogP contribution in [0.25, 0.3) is 0 Å². The Morgan fingerprint density at radius 3 is 2.75 bits per heavy atom. The van der Waals surface area contributed by atoms with Crippen LogP contribution in [0.5, 0.6) is 0 Å². The summed E-state index contributed by atoms with van der Waals surface area (Å²) in [6.07, 6.45) is 0.848. The molecule has 90 valence electrons. The molecule has 1 rings (SSSR count). The molecule has 1 aromatic heterocycles. The second kappa shape index (κ2) is 6.44. The normalized spacial score (nSPS) is 11.1. The molecule has 0 radical (unpaired) electrons. The van der Waals surface area contributed by atoms with Crippen molar-refractivity contribution in [2.24, 2.45) is 0 Å². The number of hydrogen-bond donors (Lipinski definition) is 1. The number of H-pyrrole nitrogens is 1. The van der Waals surface area contributed by atoms with E-state index in [1.807, 2.05) is 14.1 Å². The fraction of sp³-hybridized carbons (Fsp3) is 0.600. The highest BCUT2D eigenvalue weighted by Crippen LogP contribution is 2.16. The number of aromatic nitrogens is 2. The van der Waals surface area contributed by atoms with Gasteiger partial charge in [0.1, 0.15) is 10.5 Å². The maximum Gasteiger partial charge on any atom is 0.144 e. The Kier molecular flexibility index (Phi) is 5.54. The molecule has 0 amide bonds. The molecule has 0 unspecified atom stereocenters. The molecule has 0 aromatic carbocycles. The number of likely N-dealkylation sites (N-methyl/N-ethyl adjacent to an activating group) is 1. The number of nitrogens with zero attached hydrogens (tertiary/aromatic N) is 2. The lowest BCUT2D eigenvalue weighted by Crippen LogP contribution is -2.17. The van der Waals surface area contributed by atoms with Crippen LogP contribution >= 0.6 is 28.1 Å². The number of nitrogens with one attached hydrogen (secondary N) is 1. The van der Waals surface area contributed by atoms with Gasteiger partial charge in [-0.1, -0.05) is 12.2 Å². The van der Waals surface area contributed by atoms with E-state index < -0.39 is 0 Å². The molecule has 0 saturated carbocycles. The number of hydrogen-bond acceptors (Lipinski definition) is 4. The van der Waals surface area contributed by atoms with E-state index in [0.29, 0.717) is 11.2 Å². The second-order valence-electron chi connectivity index (χ2n) is 3.77. The van der Waals surface area contributed by atoms with Crippen molar-refractivity contribution in [1.29, 1.82) is 0 Å². The molecule has 0 aliphatic carbocycles. The van der Waals surface area contributed by atoms with Crippen LogP contribution < -0.4 is 0 Å². The minimum atomic E-state index is 0.502. The quantitative estimate of drug-likeness (QED) is 0.846. The summed E-state index contributed by atoms with van der Waals surface area (Å²) >= 11 is 8.58. The van der Waals surface area contributed by atoms with E-state index in [1.165, 1.54) is 0 Å². The van der Waals surface area contributed by atoms with Crippen LogP contribution in [0.2, 0.25) is 0 Å². The van der Waals surface area contributed by atoms with Crippen molar-refractivity contribution in [2.75, 3.05) is 27.7 Å². The van der Waals surface area contributed by atoms with Gasteiger partial charge in [-0.05, 0) is 30.0 Å². The third-order valence-electron chi connectivity index (χ3n) is 2.07. The Morgan fingerprint density at radius 2 is 2.19 bits per heavy atom. The third kappa shape index (κ3) is 3.93. The Balaban J connectivity index is 2.90. The van der Waals surface area contributed by atoms with Gasteiger partial charge in [-0.3, -0.25) is 0 Å². The lowest BCUT2D eigenvalue weighted by Gasteiger charge is -2.11. The number of rotatable bonds is 5. The molecule has 16 heavy (non-hydrogen) atoms. The molecular formula is C10H16BrN3OS. The Labute approximate surface area is 109 Å². The van der Waals surface area contributed by atoms with Gasteiger partial charge in [-0.2, -0.15) is 0 Å². The van der Waals surface area contributed by atoms with Gasteiger partial charge in [0.05, 0.1) is 16.8 Å². The van der Waals surface area contributed by atoms with E-state index in [-0.39, 0.29) is 0 Å². The second-order valence-corrected chi connectivity index (χ2v) is 4.95. The molecule has 1 aromatic rings. The standard InChI is InChI=1S/C10H16BrN3OS/c1-14(2)5-4-8-12-7(6-15-3)9(11)10(16)13-8/h4-6H2,1-3H3,(H,12,13,16). The number of ether oxygens (including phenoxy) is 1. The van der Waals surface area contributed by atoms with E-state index in [4.69, 9.17) is 17.0 Å². The van der Waals surface area contributed by atoms with Crippen LogP contribution in [0.1, 0.15) is 11.5 Å². The molecule has 6 heteroatoms. The van der Waals surface area contributed by atoms with Crippen molar-refractivity contribution in [3.05, 3.63) is 20.6 Å². The van der Waals surface area contributed by atoms with Crippen LogP contribution in [0.3, 0.4) is 0 Å². The molecule has 0 fully saturated rings. The van der Waals surface area contributed by atoms with Crippen LogP contribution in [-0.2, 0) is 17.8 Å². The molecule has 0 aliphatic rings. The average Bonchev–Trinajstić information content (AvgIpc) is 2.22. The van der Waals surface area contributed by atoms with Crippen molar-refractivity contribution in [2.45, 2.75) is 13.0 Å². The molecule has 4 nitrogen and oxygen atoms in total. The van der Waals surface area contributed by atoms with Gasteiger partial charge in [0, 0.05) is 20.1 Å². The van der Waals surface area contributed by atoms with Gasteiger partial charge in [0.25, 0.3) is 0 Å². The van der Waals surface area contributed by atoms with Crippen LogP contribution in [0, 0.1) is 4.64 Å². The highest BCUT2D eigenvalue weighted by atomic mass is 79.9. The van der Waals surface area contributed by atoms with E-state index in [9.17, 15) is 0 Å². The zero-order chi connectivity index (χ0) is 12.1. The van der Waals surface area contributed by atoms with Gasteiger partial charge in [0.15, 0.2) is 0 Å². The number of halogens is 1. The molecule has 0 aliphatic heterocycles. The predicted octanol–water partition coefficient (Wildman–Crippen LogP) is 2.15. The van der Waals surface area contributed by atoms with Gasteiger partial charge in [0.2, 0.25) is 0 Å². The number of methoxy groups -OCH3 is 1. The summed E-state index contributed by atoms with van der Waals surface area (Å²) in [4.78, 5) is 9.66. The molecule has 0 spiro atoms. The Bertz CT molecular complexity index is 406. The lowest BCUT2D eigenvalue weighted by molar-refractivity contribution is 0.180. The zero-order valence-electron chi connectivity index (χ0n) is 9.71. The van der Waals surface area contributed by atoms with E-state index >= 15 is 0 Å². The summed E-state index contributed by atoms with van der Waals surface area (Å²) in [5.74, 6) is 0.897. The summed E-state index contributed by atoms with van der Waals surface area (Å²) in [5.41, 5.74) is 0.941. The zero-order valence-corrected chi connectivity index (χ0v) is 12.1. The summed E-state index contributed by atoms with van der Waals surface area (Å²) in [5, 5.41) is 0. The number of aromatic amines is 1. The monoisotopic (exact) mass is 305 g/mol. The van der Waals surface area contributed by atoms with Crippen molar-refractivity contribution >= 4 is 28.1 Å². The van der Waals surface area contributed by atoms with Crippen LogP contribution in [-0.4, -0.2) is 42.6 Å². The lowest BCUT2D eigenvalue weighted by atomic mass is 10.3. The third-order valence-corrected chi connectivity index (χ3v) is 3.48. The van der Waals surface area contributed by atoms with Crippen LogP contribution in [0.15, 0.2) is 4.47 Å². The fourth-order valence-electron chi connectivity index (χ4n) is 1.25. The van der Waals surface area contributed by atoms with E-state index in [2.05, 4.69) is 30.8 Å². The molecule has 1 heterocycles. The summed E-state index contributed by atoms with van der Waals surface area (Å²) < 4.78 is 6.50. The van der Waals surface area contributed by atoms with Crippen molar-refractivity contribution in [3.63, 3.8) is 0 Å². The van der Waals surface area contributed by atoms with Gasteiger partial charge in [-0.15, -0.1) is 0 Å². The minimum Gasteiger partial charge on any atom is -0.378 e. The smallest absolute Gasteiger partial charge is 0.144 e. The van der Waals surface area contributed by atoms with Crippen molar-refractivity contribution in [3.8, 4) is 0 Å². The minimum absolute atomic E-state index is 0.502. The summed E-state index contributed by atoms with van der Waals surface area (Å²) in [7, 11) is 5.72. The summed E-state index contributed by atoms with van der Waals surface area (Å²) in [6, 6.07) is 0. The molecular weight excluding hydrogens is 290 g/mol. The maximum atomic E-state index is 5.18. The summed E-state index contributed by atoms with van der Waals surface area (Å²) in [6.45, 7) is 1.44. The van der Waals surface area contributed by atoms with Crippen molar-refractivity contribution in [1.82, 2.24) is 14.9 Å². The highest BCUT2D eigenvalue weighted by Gasteiger charge is 2.06. The largest absolute Gasteiger partial charge is 0.378 e. The topological polar surface area (TPSA) is 41.1 Å². The molecule has 0 saturated heterocycles. The molecule has 0 bridgehead atoms. The van der Waals surface area contributed by atoms with E-state index in [1.54, 1.807) is 7.11 Å². The molecule has 1 N–H and O–H groups in total. The first-order valence-corrected chi connectivity index (χ1v) is 6.16. The van der Waals surface area contributed by atoms with Crippen LogP contribution in [0.4, 0.5) is 0 Å². The fourth-order valence-corrected chi connectivity index (χ4v) is 1.79. The Hall–Kier alpha value is -0.300. The predicted molar refractivity (Wildman–Crippen MR) is 70.1 cm³/mol. The SMILES string of the molecule is COCc1[nH]c(CCN(C)C)nc(=S)c1Br. The first kappa shape index (κ1) is 13.8. The Morgan fingerprint density at radius 1 is 1.50 bits per heavy atom. The maximum absolute atomic E-state index is 5.18. The van der Waals surface area contributed by atoms with Gasteiger partial charge >= 0.3 is 0 Å². The first-order valence-electron chi connectivity index (χ1n) is 4.96. The van der Waals surface area contributed by atoms with Crippen molar-refractivity contribution < 1.29 is 4.74 Å². The van der Waals surface area contributed by atoms with Gasteiger partial charge in [-0.25, -0.2) is 4.98 Å². The highest BCUT2D eigenvalue weighted by molar-refractivity contribution is 9.10.